The van der Waals surface area contributed by atoms with Gasteiger partial charge in [-0.2, -0.15) is 0 Å². The number of methoxy groups -OCH3 is 2. The van der Waals surface area contributed by atoms with E-state index in [4.69, 9.17) is 9.47 Å². The van der Waals surface area contributed by atoms with Crippen molar-refractivity contribution in [3.05, 3.63) is 83.6 Å². The van der Waals surface area contributed by atoms with E-state index in [0.29, 0.717) is 11.5 Å². The highest BCUT2D eigenvalue weighted by atomic mass is 16.5. The van der Waals surface area contributed by atoms with E-state index in [0.717, 1.165) is 40.0 Å². The van der Waals surface area contributed by atoms with Crippen molar-refractivity contribution >= 4 is 10.9 Å². The molecule has 0 N–H and O–H groups in total. The van der Waals surface area contributed by atoms with Crippen molar-refractivity contribution in [3.63, 3.8) is 0 Å². The molecule has 2 aliphatic rings. The summed E-state index contributed by atoms with van der Waals surface area (Å²) < 4.78 is 13.4. The lowest BCUT2D eigenvalue weighted by Crippen LogP contribution is -2.05. The van der Waals surface area contributed by atoms with Crippen molar-refractivity contribution < 1.29 is 9.47 Å². The Kier molecular flexibility index (Phi) is 5.02. The van der Waals surface area contributed by atoms with Gasteiger partial charge in [0.25, 0.3) is 0 Å². The van der Waals surface area contributed by atoms with Gasteiger partial charge in [-0.25, -0.2) is 0 Å². The van der Waals surface area contributed by atoms with Gasteiger partial charge >= 0.3 is 0 Å². The van der Waals surface area contributed by atoms with Gasteiger partial charge in [0, 0.05) is 35.3 Å². The van der Waals surface area contributed by atoms with Gasteiger partial charge in [0.2, 0.25) is 0 Å². The van der Waals surface area contributed by atoms with Crippen LogP contribution in [0.15, 0.2) is 66.9 Å². The summed E-state index contributed by atoms with van der Waals surface area (Å²) in [5, 5.41) is 10.1. The van der Waals surface area contributed by atoms with E-state index in [9.17, 15) is 0 Å². The second-order valence-electron chi connectivity index (χ2n) is 8.14. The zero-order chi connectivity index (χ0) is 22.2. The first-order valence-electron chi connectivity index (χ1n) is 10.6. The molecular formula is C27H25N3O2. The minimum absolute atomic E-state index is 0.675. The zero-order valence-corrected chi connectivity index (χ0v) is 18.7. The first-order chi connectivity index (χ1) is 15.6. The zero-order valence-electron chi connectivity index (χ0n) is 18.7. The molecule has 0 radical (unpaired) electrons. The van der Waals surface area contributed by atoms with Crippen molar-refractivity contribution in [1.29, 1.82) is 0 Å². The van der Waals surface area contributed by atoms with Gasteiger partial charge in [-0.3, -0.25) is 0 Å². The standard InChI is InChI=1S/C27H25N3O2/c1-17-5-9-19(10-6-17)15-30-16-22-26(20-11-7-18(2)8-12-20)28-29-27(22)21-13-24(31-3)25(32-4)14-23(21)30/h5-14,16H,15H2,1-4H3. The minimum atomic E-state index is 0.675. The fourth-order valence-electron chi connectivity index (χ4n) is 4.11. The molecule has 3 aromatic carbocycles. The van der Waals surface area contributed by atoms with Gasteiger partial charge in [0.05, 0.1) is 19.7 Å². The average molecular weight is 424 g/mol. The lowest BCUT2D eigenvalue weighted by atomic mass is 10.0. The summed E-state index contributed by atoms with van der Waals surface area (Å²) in [6, 6.07) is 21.0. The van der Waals surface area contributed by atoms with Gasteiger partial charge in [0.15, 0.2) is 11.5 Å². The first kappa shape index (κ1) is 20.1. The summed E-state index contributed by atoms with van der Waals surface area (Å²) >= 11 is 0. The van der Waals surface area contributed by atoms with E-state index in [-0.39, 0.29) is 0 Å². The van der Waals surface area contributed by atoms with Crippen molar-refractivity contribution in [2.45, 2.75) is 20.4 Å². The number of benzene rings is 3. The second-order valence-corrected chi connectivity index (χ2v) is 8.14. The van der Waals surface area contributed by atoms with Crippen molar-refractivity contribution in [1.82, 2.24) is 14.8 Å². The monoisotopic (exact) mass is 423 g/mol. The largest absolute Gasteiger partial charge is 0.493 e. The van der Waals surface area contributed by atoms with E-state index in [1.165, 1.54) is 16.7 Å². The van der Waals surface area contributed by atoms with Gasteiger partial charge < -0.3 is 14.0 Å². The molecule has 0 bridgehead atoms. The quantitative estimate of drug-likeness (QED) is 0.354. The highest BCUT2D eigenvalue weighted by Crippen LogP contribution is 2.41. The Balaban J connectivity index is 1.76. The molecule has 0 saturated carbocycles. The van der Waals surface area contributed by atoms with Gasteiger partial charge in [0.1, 0.15) is 11.4 Å². The van der Waals surface area contributed by atoms with Crippen molar-refractivity contribution in [2.24, 2.45) is 0 Å². The number of hydrogen-bond donors (Lipinski definition) is 0. The average Bonchev–Trinajstić information content (AvgIpc) is 3.24. The Morgan fingerprint density at radius 1 is 0.750 bits per heavy atom. The molecule has 0 unspecified atom stereocenters. The number of pyridine rings is 1. The molecule has 3 aromatic rings. The van der Waals surface area contributed by atoms with Crippen LogP contribution >= 0.6 is 0 Å². The van der Waals surface area contributed by atoms with E-state index < -0.39 is 0 Å². The Labute approximate surface area is 187 Å². The van der Waals surface area contributed by atoms with Crippen molar-refractivity contribution in [2.75, 3.05) is 14.2 Å². The Bertz CT molecular complexity index is 1370. The smallest absolute Gasteiger partial charge is 0.162 e. The number of aromatic nitrogens is 3. The normalized spacial score (nSPS) is 11.2. The summed E-state index contributed by atoms with van der Waals surface area (Å²) in [5.41, 5.74) is 8.52. The second kappa shape index (κ2) is 8.00. The lowest BCUT2D eigenvalue weighted by molar-refractivity contribution is 0.355. The van der Waals surface area contributed by atoms with Crippen LogP contribution in [0.25, 0.3) is 33.4 Å². The van der Waals surface area contributed by atoms with Crippen molar-refractivity contribution in [3.8, 4) is 34.0 Å². The molecule has 0 saturated heterocycles. The first-order valence-corrected chi connectivity index (χ1v) is 10.6. The minimum Gasteiger partial charge on any atom is -0.493 e. The topological polar surface area (TPSA) is 49.2 Å². The van der Waals surface area contributed by atoms with E-state index >= 15 is 0 Å². The maximum Gasteiger partial charge on any atom is 0.162 e. The summed E-state index contributed by atoms with van der Waals surface area (Å²) in [6.45, 7) is 4.91. The Hall–Kier alpha value is -3.86. The highest BCUT2D eigenvalue weighted by molar-refractivity contribution is 5.99. The molecule has 0 aliphatic carbocycles. The third kappa shape index (κ3) is 3.46. The molecule has 0 atom stereocenters. The molecule has 5 heteroatoms. The molecule has 32 heavy (non-hydrogen) atoms. The molecule has 0 spiro atoms. The Morgan fingerprint density at radius 2 is 1.34 bits per heavy atom. The molecule has 5 nitrogen and oxygen atoms in total. The molecule has 5 rings (SSSR count). The van der Waals surface area contributed by atoms with Crippen LogP contribution < -0.4 is 9.47 Å². The number of fused-ring (bicyclic) bond motifs is 3. The van der Waals surface area contributed by atoms with Crippen LogP contribution in [0.5, 0.6) is 11.5 Å². The Morgan fingerprint density at radius 3 is 2.00 bits per heavy atom. The maximum absolute atomic E-state index is 5.59. The molecule has 2 aliphatic heterocycles. The van der Waals surface area contributed by atoms with Crippen LogP contribution in [0.2, 0.25) is 0 Å². The van der Waals surface area contributed by atoms with E-state index in [2.05, 4.69) is 83.3 Å². The number of hydrogen-bond acceptors (Lipinski definition) is 4. The van der Waals surface area contributed by atoms with E-state index in [1.807, 2.05) is 12.1 Å². The highest BCUT2D eigenvalue weighted by Gasteiger charge is 2.22. The van der Waals surface area contributed by atoms with Gasteiger partial charge in [-0.05, 0) is 25.5 Å². The van der Waals surface area contributed by atoms with Crippen LogP contribution in [0.1, 0.15) is 16.7 Å². The predicted octanol–water partition coefficient (Wildman–Crippen LogP) is 5.89. The molecule has 0 fully saturated rings. The summed E-state index contributed by atoms with van der Waals surface area (Å²) in [5.74, 6) is 1.37. The van der Waals surface area contributed by atoms with Crippen LogP contribution in [0, 0.1) is 13.8 Å². The number of nitrogens with zero attached hydrogens (tertiary/aromatic N) is 3. The molecule has 0 aromatic heterocycles. The van der Waals surface area contributed by atoms with Gasteiger partial charge in [-0.1, -0.05) is 59.7 Å². The van der Waals surface area contributed by atoms with E-state index in [1.54, 1.807) is 14.2 Å². The van der Waals surface area contributed by atoms with Crippen LogP contribution in [0.3, 0.4) is 0 Å². The summed E-state index contributed by atoms with van der Waals surface area (Å²) in [7, 11) is 3.31. The van der Waals surface area contributed by atoms with Crippen LogP contribution in [0.4, 0.5) is 0 Å². The summed E-state index contributed by atoms with van der Waals surface area (Å²) in [6.07, 6.45) is 2.15. The third-order valence-corrected chi connectivity index (χ3v) is 5.91. The summed E-state index contributed by atoms with van der Waals surface area (Å²) in [4.78, 5) is 0. The number of ether oxygens (including phenoxy) is 2. The lowest BCUT2D eigenvalue weighted by Gasteiger charge is -2.18. The maximum atomic E-state index is 5.59. The molecule has 160 valence electrons. The fraction of sp³-hybridized carbons (Fsp3) is 0.185. The number of rotatable bonds is 5. The number of aryl methyl sites for hydroxylation is 2. The molecular weight excluding hydrogens is 398 g/mol. The molecule has 0 amide bonds. The predicted molar refractivity (Wildman–Crippen MR) is 128 cm³/mol. The van der Waals surface area contributed by atoms with Crippen LogP contribution in [-0.2, 0) is 6.54 Å². The molecule has 2 heterocycles. The fourth-order valence-corrected chi connectivity index (χ4v) is 4.11. The van der Waals surface area contributed by atoms with Crippen LogP contribution in [-0.4, -0.2) is 29.0 Å². The third-order valence-electron chi connectivity index (χ3n) is 5.91. The SMILES string of the molecule is COc1cc2c3nnc(-c4ccc(C)cc4)c-3cn(Cc3ccc(C)cc3)c2cc1OC. The van der Waals surface area contributed by atoms with Gasteiger partial charge in [-0.15, -0.1) is 10.2 Å².